The number of rotatable bonds is 4. The zero-order chi connectivity index (χ0) is 26.2. The van der Waals surface area contributed by atoms with Crippen LogP contribution in [0.2, 0.25) is 5.02 Å². The number of amides is 1. The number of carboxylic acids is 2. The Kier molecular flexibility index (Phi) is 9.49. The topological polar surface area (TPSA) is 122 Å². The van der Waals surface area contributed by atoms with Crippen molar-refractivity contribution in [1.82, 2.24) is 9.80 Å². The minimum Gasteiger partial charge on any atom is -0.508 e. The molecule has 2 aliphatic heterocycles. The predicted molar refractivity (Wildman–Crippen MR) is 132 cm³/mol. The van der Waals surface area contributed by atoms with E-state index in [9.17, 15) is 14.3 Å². The second-order valence-corrected chi connectivity index (χ2v) is 9.13. The zero-order valence-corrected chi connectivity index (χ0v) is 20.4. The number of nitrogens with zero attached hydrogens (tertiary/aromatic N) is 3. The number of carboxylic acid groups (broad SMARTS) is 2. The highest BCUT2D eigenvalue weighted by Gasteiger charge is 2.31. The lowest BCUT2D eigenvalue weighted by Crippen LogP contribution is -2.51. The van der Waals surface area contributed by atoms with Crippen molar-refractivity contribution in [2.24, 2.45) is 5.92 Å². The Morgan fingerprint density at radius 3 is 2.11 bits per heavy atom. The van der Waals surface area contributed by atoms with Gasteiger partial charge in [0.05, 0.1) is 5.69 Å². The molecule has 1 amide bonds. The van der Waals surface area contributed by atoms with Gasteiger partial charge in [-0.2, -0.15) is 0 Å². The molecule has 0 radical (unpaired) electrons. The van der Waals surface area contributed by atoms with Gasteiger partial charge in [0.15, 0.2) is 0 Å². The summed E-state index contributed by atoms with van der Waals surface area (Å²) >= 11 is 6.04. The van der Waals surface area contributed by atoms with Crippen molar-refractivity contribution >= 4 is 35.1 Å². The van der Waals surface area contributed by atoms with E-state index in [0.717, 1.165) is 31.5 Å². The Bertz CT molecular complexity index is 1070. The molecule has 2 aromatic carbocycles. The van der Waals surface area contributed by atoms with Gasteiger partial charge in [-0.05, 0) is 56.3 Å². The molecule has 2 aromatic rings. The van der Waals surface area contributed by atoms with Crippen molar-refractivity contribution in [2.75, 3.05) is 44.2 Å². The van der Waals surface area contributed by atoms with Crippen LogP contribution in [0.4, 0.5) is 10.1 Å². The van der Waals surface area contributed by atoms with Gasteiger partial charge in [-0.15, -0.1) is 0 Å². The lowest BCUT2D eigenvalue weighted by Gasteiger charge is -2.39. The summed E-state index contributed by atoms with van der Waals surface area (Å²) in [5, 5.41) is 25.4. The van der Waals surface area contributed by atoms with Gasteiger partial charge in [-0.25, -0.2) is 14.0 Å². The molecule has 4 rings (SSSR count). The number of hydrogen-bond acceptors (Lipinski definition) is 6. The van der Waals surface area contributed by atoms with Gasteiger partial charge in [-0.3, -0.25) is 9.69 Å². The van der Waals surface area contributed by atoms with E-state index in [2.05, 4.69) is 4.90 Å². The second-order valence-electron chi connectivity index (χ2n) is 8.70. The quantitative estimate of drug-likeness (QED) is 0.525. The van der Waals surface area contributed by atoms with Crippen LogP contribution in [-0.2, 0) is 20.9 Å². The highest BCUT2D eigenvalue weighted by Crippen LogP contribution is 2.27. The molecule has 0 spiro atoms. The van der Waals surface area contributed by atoms with Crippen LogP contribution < -0.4 is 4.90 Å². The summed E-state index contributed by atoms with van der Waals surface area (Å²) in [7, 11) is 0. The molecule has 194 valence electrons. The number of hydrogen-bond donors (Lipinski definition) is 3. The van der Waals surface area contributed by atoms with Crippen LogP contribution in [0.1, 0.15) is 18.4 Å². The number of para-hydroxylation sites is 1. The summed E-state index contributed by atoms with van der Waals surface area (Å²) in [4.78, 5) is 37.4. The Morgan fingerprint density at radius 1 is 0.917 bits per heavy atom. The molecule has 36 heavy (non-hydrogen) atoms. The molecule has 2 fully saturated rings. The molecule has 0 aliphatic carbocycles. The lowest BCUT2D eigenvalue weighted by atomic mass is 9.94. The number of carbonyl (C=O) groups excluding carboxylic acids is 1. The molecule has 0 unspecified atom stereocenters. The van der Waals surface area contributed by atoms with Gasteiger partial charge in [0.2, 0.25) is 5.91 Å². The minimum absolute atomic E-state index is 0.0363. The molecule has 0 aromatic heterocycles. The predicted octanol–water partition coefficient (Wildman–Crippen LogP) is 2.90. The van der Waals surface area contributed by atoms with Crippen molar-refractivity contribution in [3.8, 4) is 5.75 Å². The summed E-state index contributed by atoms with van der Waals surface area (Å²) in [6.07, 6.45) is 1.63. The fourth-order valence-electron chi connectivity index (χ4n) is 4.39. The number of likely N-dealkylation sites (tertiary alicyclic amines) is 1. The maximum Gasteiger partial charge on any atom is 0.414 e. The first-order chi connectivity index (χ1) is 17.2. The summed E-state index contributed by atoms with van der Waals surface area (Å²) in [5.41, 5.74) is 1.43. The van der Waals surface area contributed by atoms with Crippen molar-refractivity contribution < 1.29 is 34.1 Å². The minimum atomic E-state index is -1.82. The van der Waals surface area contributed by atoms with Gasteiger partial charge in [0.1, 0.15) is 11.6 Å². The van der Waals surface area contributed by atoms with E-state index in [1.807, 2.05) is 15.9 Å². The molecular formula is C25H29ClFN3O6. The van der Waals surface area contributed by atoms with Crippen LogP contribution in [0.15, 0.2) is 42.5 Å². The van der Waals surface area contributed by atoms with Crippen LogP contribution in [0, 0.1) is 11.7 Å². The van der Waals surface area contributed by atoms with E-state index in [1.54, 1.807) is 30.3 Å². The first-order valence-electron chi connectivity index (χ1n) is 11.6. The molecule has 0 atom stereocenters. The van der Waals surface area contributed by atoms with E-state index in [1.165, 1.54) is 6.07 Å². The number of anilines is 1. The Labute approximate surface area is 213 Å². The van der Waals surface area contributed by atoms with Gasteiger partial charge >= 0.3 is 11.9 Å². The molecule has 2 aliphatic rings. The van der Waals surface area contributed by atoms with Crippen molar-refractivity contribution in [2.45, 2.75) is 19.4 Å². The SMILES string of the molecule is O=C(C1CCN(Cc2cc(Cl)ccc2O)CC1)N1CCN(c2ccccc2F)CC1.O=C(O)C(=O)O. The summed E-state index contributed by atoms with van der Waals surface area (Å²) in [5.74, 6) is -3.35. The number of halogens is 2. The summed E-state index contributed by atoms with van der Waals surface area (Å²) in [6.45, 7) is 4.83. The number of piperidine rings is 1. The average molecular weight is 522 g/mol. The van der Waals surface area contributed by atoms with Crippen LogP contribution in [0.25, 0.3) is 0 Å². The van der Waals surface area contributed by atoms with Crippen molar-refractivity contribution in [3.05, 3.63) is 58.9 Å². The highest BCUT2D eigenvalue weighted by atomic mass is 35.5. The fourth-order valence-corrected chi connectivity index (χ4v) is 4.59. The molecule has 9 nitrogen and oxygen atoms in total. The number of aromatic hydroxyl groups is 1. The molecule has 11 heteroatoms. The van der Waals surface area contributed by atoms with Gasteiger partial charge in [-0.1, -0.05) is 23.7 Å². The third-order valence-corrected chi connectivity index (χ3v) is 6.57. The second kappa shape index (κ2) is 12.5. The standard InChI is InChI=1S/C23H27ClFN3O2.C2H2O4/c24-19-5-6-22(29)18(15-19)16-26-9-7-17(8-10-26)23(30)28-13-11-27(12-14-28)21-4-2-1-3-20(21)25;3-1(4)2(5)6/h1-6,15,17,29H,7-14,16H2;(H,3,4)(H,5,6). The zero-order valence-electron chi connectivity index (χ0n) is 19.6. The maximum absolute atomic E-state index is 14.0. The monoisotopic (exact) mass is 521 g/mol. The van der Waals surface area contributed by atoms with E-state index in [0.29, 0.717) is 43.4 Å². The first-order valence-corrected chi connectivity index (χ1v) is 12.0. The third-order valence-electron chi connectivity index (χ3n) is 6.34. The maximum atomic E-state index is 14.0. The van der Waals surface area contributed by atoms with E-state index >= 15 is 0 Å². The van der Waals surface area contributed by atoms with Crippen molar-refractivity contribution in [1.29, 1.82) is 0 Å². The molecule has 0 bridgehead atoms. The number of benzene rings is 2. The Hall–Kier alpha value is -3.37. The van der Waals surface area contributed by atoms with Gasteiger partial charge in [0, 0.05) is 49.2 Å². The lowest BCUT2D eigenvalue weighted by molar-refractivity contribution is -0.159. The number of carbonyl (C=O) groups is 3. The van der Waals surface area contributed by atoms with Crippen LogP contribution in [-0.4, -0.2) is 82.2 Å². The number of piperazine rings is 1. The molecule has 2 heterocycles. The molecule has 3 N–H and O–H groups in total. The largest absolute Gasteiger partial charge is 0.508 e. The van der Waals surface area contributed by atoms with Crippen LogP contribution in [0.5, 0.6) is 5.75 Å². The van der Waals surface area contributed by atoms with Gasteiger partial charge in [0.25, 0.3) is 0 Å². The average Bonchev–Trinajstić information content (AvgIpc) is 2.87. The summed E-state index contributed by atoms with van der Waals surface area (Å²) in [6, 6.07) is 11.9. The molecule has 2 saturated heterocycles. The normalized spacial score (nSPS) is 16.7. The van der Waals surface area contributed by atoms with Crippen LogP contribution in [0.3, 0.4) is 0 Å². The van der Waals surface area contributed by atoms with E-state index < -0.39 is 11.9 Å². The highest BCUT2D eigenvalue weighted by molar-refractivity contribution is 6.30. The van der Waals surface area contributed by atoms with Crippen LogP contribution >= 0.6 is 11.6 Å². The van der Waals surface area contributed by atoms with Crippen molar-refractivity contribution in [3.63, 3.8) is 0 Å². The fraction of sp³-hybridized carbons (Fsp3) is 0.400. The Morgan fingerprint density at radius 2 is 1.53 bits per heavy atom. The number of aliphatic carboxylic acids is 2. The van der Waals surface area contributed by atoms with E-state index in [-0.39, 0.29) is 23.4 Å². The number of phenols is 1. The van der Waals surface area contributed by atoms with E-state index in [4.69, 9.17) is 31.4 Å². The third kappa shape index (κ3) is 7.32. The van der Waals surface area contributed by atoms with Gasteiger partial charge < -0.3 is 25.1 Å². The molecule has 0 saturated carbocycles. The Balaban J connectivity index is 0.000000538. The molecular weight excluding hydrogens is 493 g/mol. The number of phenolic OH excluding ortho intramolecular Hbond substituents is 1. The summed E-state index contributed by atoms with van der Waals surface area (Å²) < 4.78 is 14.0. The first kappa shape index (κ1) is 27.2. The smallest absolute Gasteiger partial charge is 0.414 e.